The minimum Gasteiger partial charge on any atom is -0.465 e. The SMILES string of the molecule is COC(=O)c1ccccc1NC(=O)Cn1nnc(-c2ccc(N(C)C)cc2)n1. The molecule has 9 heteroatoms. The predicted molar refractivity (Wildman–Crippen MR) is 104 cm³/mol. The number of hydrogen-bond donors (Lipinski definition) is 1. The zero-order valence-electron chi connectivity index (χ0n) is 15.8. The van der Waals surface area contributed by atoms with Crippen LogP contribution in [0.15, 0.2) is 48.5 Å². The lowest BCUT2D eigenvalue weighted by molar-refractivity contribution is -0.117. The van der Waals surface area contributed by atoms with Gasteiger partial charge in [0.25, 0.3) is 0 Å². The molecule has 3 aromatic rings. The molecule has 0 atom stereocenters. The van der Waals surface area contributed by atoms with E-state index in [9.17, 15) is 9.59 Å². The van der Waals surface area contributed by atoms with Crippen molar-refractivity contribution in [1.29, 1.82) is 0 Å². The number of carbonyl (C=O) groups excluding carboxylic acids is 2. The fraction of sp³-hybridized carbons (Fsp3) is 0.211. The molecule has 1 heterocycles. The Hall–Kier alpha value is -3.75. The van der Waals surface area contributed by atoms with Gasteiger partial charge in [0.1, 0.15) is 6.54 Å². The summed E-state index contributed by atoms with van der Waals surface area (Å²) in [5, 5.41) is 14.8. The highest BCUT2D eigenvalue weighted by Crippen LogP contribution is 2.19. The van der Waals surface area contributed by atoms with Crippen LogP contribution in [0.5, 0.6) is 0 Å². The lowest BCUT2D eigenvalue weighted by Crippen LogP contribution is -2.22. The van der Waals surface area contributed by atoms with Crippen LogP contribution in [0.1, 0.15) is 10.4 Å². The first kappa shape index (κ1) is 19.0. The summed E-state index contributed by atoms with van der Waals surface area (Å²) in [6.45, 7) is -0.141. The first-order valence-corrected chi connectivity index (χ1v) is 8.50. The Morgan fingerprint density at radius 2 is 1.82 bits per heavy atom. The molecular weight excluding hydrogens is 360 g/mol. The molecule has 144 valence electrons. The number of tetrazole rings is 1. The average molecular weight is 380 g/mol. The largest absolute Gasteiger partial charge is 0.465 e. The Balaban J connectivity index is 1.68. The Morgan fingerprint density at radius 1 is 1.11 bits per heavy atom. The summed E-state index contributed by atoms with van der Waals surface area (Å²) in [5.41, 5.74) is 2.48. The summed E-state index contributed by atoms with van der Waals surface area (Å²) in [7, 11) is 5.20. The van der Waals surface area contributed by atoms with Crippen LogP contribution >= 0.6 is 0 Å². The summed E-state index contributed by atoms with van der Waals surface area (Å²) in [5.74, 6) is -0.491. The highest BCUT2D eigenvalue weighted by Gasteiger charge is 2.15. The van der Waals surface area contributed by atoms with E-state index in [1.807, 2.05) is 43.3 Å². The van der Waals surface area contributed by atoms with Gasteiger partial charge in [0.15, 0.2) is 0 Å². The third-order valence-corrected chi connectivity index (χ3v) is 3.99. The van der Waals surface area contributed by atoms with Gasteiger partial charge in [0, 0.05) is 25.3 Å². The maximum atomic E-state index is 12.3. The van der Waals surface area contributed by atoms with Gasteiger partial charge in [0.05, 0.1) is 18.4 Å². The van der Waals surface area contributed by atoms with Gasteiger partial charge in [-0.05, 0) is 41.6 Å². The van der Waals surface area contributed by atoms with Crippen LogP contribution in [-0.2, 0) is 16.1 Å². The van der Waals surface area contributed by atoms with Crippen molar-refractivity contribution >= 4 is 23.3 Å². The molecule has 28 heavy (non-hydrogen) atoms. The number of esters is 1. The average Bonchev–Trinajstić information content (AvgIpc) is 3.16. The maximum absolute atomic E-state index is 12.3. The van der Waals surface area contributed by atoms with Crippen LogP contribution in [0.4, 0.5) is 11.4 Å². The first-order valence-electron chi connectivity index (χ1n) is 8.50. The Morgan fingerprint density at radius 3 is 2.50 bits per heavy atom. The van der Waals surface area contributed by atoms with Crippen molar-refractivity contribution in [3.05, 3.63) is 54.1 Å². The minimum atomic E-state index is -0.529. The van der Waals surface area contributed by atoms with Gasteiger partial charge in [-0.1, -0.05) is 12.1 Å². The summed E-state index contributed by atoms with van der Waals surface area (Å²) >= 11 is 0. The molecule has 2 aromatic carbocycles. The number of aromatic nitrogens is 4. The van der Waals surface area contributed by atoms with Crippen molar-refractivity contribution in [3.8, 4) is 11.4 Å². The van der Waals surface area contributed by atoms with E-state index >= 15 is 0 Å². The van der Waals surface area contributed by atoms with Crippen LogP contribution in [0.3, 0.4) is 0 Å². The number of carbonyl (C=O) groups is 2. The zero-order chi connectivity index (χ0) is 20.1. The number of anilines is 2. The zero-order valence-corrected chi connectivity index (χ0v) is 15.8. The number of rotatable bonds is 6. The number of ether oxygens (including phenoxy) is 1. The number of hydrogen-bond acceptors (Lipinski definition) is 7. The monoisotopic (exact) mass is 380 g/mol. The second-order valence-corrected chi connectivity index (χ2v) is 6.17. The Labute approximate surface area is 161 Å². The van der Waals surface area contributed by atoms with Crippen molar-refractivity contribution in [2.45, 2.75) is 6.54 Å². The van der Waals surface area contributed by atoms with Crippen LogP contribution in [-0.4, -0.2) is 53.3 Å². The molecule has 0 radical (unpaired) electrons. The molecule has 0 aliphatic carbocycles. The molecular formula is C19H20N6O3. The molecule has 0 fully saturated rings. The van der Waals surface area contributed by atoms with Gasteiger partial charge in [-0.3, -0.25) is 4.79 Å². The van der Waals surface area contributed by atoms with Crippen LogP contribution in [0, 0.1) is 0 Å². The van der Waals surface area contributed by atoms with Crippen LogP contribution in [0.25, 0.3) is 11.4 Å². The van der Waals surface area contributed by atoms with Gasteiger partial charge in [0.2, 0.25) is 11.7 Å². The smallest absolute Gasteiger partial charge is 0.339 e. The highest BCUT2D eigenvalue weighted by atomic mass is 16.5. The molecule has 3 rings (SSSR count). The molecule has 1 N–H and O–H groups in total. The van der Waals surface area contributed by atoms with Gasteiger partial charge < -0.3 is 15.0 Å². The Kier molecular flexibility index (Phi) is 5.64. The lowest BCUT2D eigenvalue weighted by Gasteiger charge is -2.11. The third-order valence-electron chi connectivity index (χ3n) is 3.99. The quantitative estimate of drug-likeness (QED) is 0.651. The summed E-state index contributed by atoms with van der Waals surface area (Å²) in [4.78, 5) is 27.3. The molecule has 0 aliphatic heterocycles. The molecule has 0 saturated heterocycles. The van der Waals surface area contributed by atoms with Crippen molar-refractivity contribution < 1.29 is 14.3 Å². The number of methoxy groups -OCH3 is 1. The van der Waals surface area contributed by atoms with E-state index in [0.29, 0.717) is 11.5 Å². The summed E-state index contributed by atoms with van der Waals surface area (Å²) < 4.78 is 4.72. The third kappa shape index (κ3) is 4.32. The fourth-order valence-electron chi connectivity index (χ4n) is 2.53. The molecule has 0 spiro atoms. The predicted octanol–water partition coefficient (Wildman–Crippen LogP) is 1.83. The topological polar surface area (TPSA) is 102 Å². The molecule has 9 nitrogen and oxygen atoms in total. The Bertz CT molecular complexity index is 981. The van der Waals surface area contributed by atoms with Gasteiger partial charge in [-0.25, -0.2) is 4.79 Å². The number of nitrogens with zero attached hydrogens (tertiary/aromatic N) is 5. The highest BCUT2D eigenvalue weighted by molar-refractivity contribution is 6.01. The van der Waals surface area contributed by atoms with E-state index in [0.717, 1.165) is 11.3 Å². The molecule has 1 aromatic heterocycles. The lowest BCUT2D eigenvalue weighted by atomic mass is 10.2. The van der Waals surface area contributed by atoms with Gasteiger partial charge in [-0.2, -0.15) is 4.80 Å². The number of benzene rings is 2. The second kappa shape index (κ2) is 8.30. The van der Waals surface area contributed by atoms with E-state index < -0.39 is 5.97 Å². The molecule has 0 saturated carbocycles. The van der Waals surface area contributed by atoms with E-state index in [4.69, 9.17) is 4.74 Å². The molecule has 0 aliphatic rings. The molecule has 0 unspecified atom stereocenters. The molecule has 0 bridgehead atoms. The maximum Gasteiger partial charge on any atom is 0.339 e. The second-order valence-electron chi connectivity index (χ2n) is 6.17. The minimum absolute atomic E-state index is 0.141. The normalized spacial score (nSPS) is 10.4. The summed E-state index contributed by atoms with van der Waals surface area (Å²) in [6.07, 6.45) is 0. The number of nitrogens with one attached hydrogen (secondary N) is 1. The van der Waals surface area contributed by atoms with E-state index in [-0.39, 0.29) is 18.0 Å². The van der Waals surface area contributed by atoms with Crippen molar-refractivity contribution in [3.63, 3.8) is 0 Å². The van der Waals surface area contributed by atoms with E-state index in [1.54, 1.807) is 24.3 Å². The standard InChI is InChI=1S/C19H20N6O3/c1-24(2)14-10-8-13(9-11-14)18-21-23-25(22-18)12-17(26)20-16-7-5-4-6-15(16)19(27)28-3/h4-11H,12H2,1-3H3,(H,20,26). The van der Waals surface area contributed by atoms with Crippen molar-refractivity contribution in [2.24, 2.45) is 0 Å². The van der Waals surface area contributed by atoms with Crippen LogP contribution < -0.4 is 10.2 Å². The first-order chi connectivity index (χ1) is 13.5. The van der Waals surface area contributed by atoms with E-state index in [2.05, 4.69) is 20.7 Å². The summed E-state index contributed by atoms with van der Waals surface area (Å²) in [6, 6.07) is 14.3. The van der Waals surface area contributed by atoms with Crippen LogP contribution in [0.2, 0.25) is 0 Å². The van der Waals surface area contributed by atoms with E-state index in [1.165, 1.54) is 11.9 Å². The molecule has 1 amide bonds. The van der Waals surface area contributed by atoms with Crippen molar-refractivity contribution in [2.75, 3.05) is 31.4 Å². The number of para-hydroxylation sites is 1. The van der Waals surface area contributed by atoms with Gasteiger partial charge >= 0.3 is 5.97 Å². The van der Waals surface area contributed by atoms with Gasteiger partial charge in [-0.15, -0.1) is 10.2 Å². The number of amides is 1. The van der Waals surface area contributed by atoms with Crippen molar-refractivity contribution in [1.82, 2.24) is 20.2 Å². The fourth-order valence-corrected chi connectivity index (χ4v) is 2.53.